The summed E-state index contributed by atoms with van der Waals surface area (Å²) < 4.78 is 34.6. The predicted octanol–water partition coefficient (Wildman–Crippen LogP) is 17.9. The number of rotatable bonds is 75. The van der Waals surface area contributed by atoms with Gasteiger partial charge in [0.2, 0.25) is 5.91 Å². The second kappa shape index (κ2) is 72.3. The Morgan fingerprint density at radius 2 is 0.616 bits per heavy atom. The van der Waals surface area contributed by atoms with Crippen molar-refractivity contribution >= 4 is 5.91 Å². The van der Waals surface area contributed by atoms with Crippen molar-refractivity contribution in [2.24, 2.45) is 0 Å². The fraction of sp³-hybridized carbons (Fsp3) is 0.860. The summed E-state index contributed by atoms with van der Waals surface area (Å²) in [5, 5.41) is 121. The van der Waals surface area contributed by atoms with Crippen LogP contribution in [0.3, 0.4) is 0 Å². The molecule has 3 saturated heterocycles. The van der Waals surface area contributed by atoms with Gasteiger partial charge in [-0.05, 0) is 64.2 Å². The topological polar surface area (TPSA) is 307 Å². The van der Waals surface area contributed by atoms with Gasteiger partial charge in [-0.2, -0.15) is 0 Å². The van der Waals surface area contributed by atoms with Crippen molar-refractivity contribution in [1.82, 2.24) is 5.32 Å². The van der Waals surface area contributed by atoms with Crippen molar-refractivity contribution in [3.05, 3.63) is 72.9 Å². The van der Waals surface area contributed by atoms with E-state index in [4.69, 9.17) is 28.4 Å². The number of aliphatic hydroxyl groups is 11. The van der Waals surface area contributed by atoms with Crippen LogP contribution in [0.15, 0.2) is 72.9 Å². The molecule has 3 fully saturated rings. The van der Waals surface area contributed by atoms with Gasteiger partial charge in [0, 0.05) is 6.42 Å². The highest BCUT2D eigenvalue weighted by Gasteiger charge is 2.54. The van der Waals surface area contributed by atoms with E-state index >= 15 is 0 Å². The second-order valence-corrected chi connectivity index (χ2v) is 32.7. The maximum atomic E-state index is 13.6. The molecule has 17 unspecified atom stereocenters. The van der Waals surface area contributed by atoms with Crippen LogP contribution >= 0.6 is 0 Å². The minimum absolute atomic E-state index is 0.236. The van der Waals surface area contributed by atoms with Gasteiger partial charge in [0.25, 0.3) is 0 Å². The smallest absolute Gasteiger partial charge is 0.220 e. The molecular formula is C93H169NO18. The minimum Gasteiger partial charge on any atom is -0.394 e. The number of amides is 1. The molecule has 654 valence electrons. The molecule has 17 atom stereocenters. The summed E-state index contributed by atoms with van der Waals surface area (Å²) in [6, 6.07) is -0.890. The Morgan fingerprint density at radius 3 is 0.964 bits per heavy atom. The van der Waals surface area contributed by atoms with Gasteiger partial charge in [-0.25, -0.2) is 0 Å². The first kappa shape index (κ1) is 103. The molecule has 0 aromatic carbocycles. The lowest BCUT2D eigenvalue weighted by molar-refractivity contribution is -0.379. The van der Waals surface area contributed by atoms with E-state index in [0.29, 0.717) is 12.8 Å². The molecule has 0 aromatic heterocycles. The Morgan fingerprint density at radius 1 is 0.330 bits per heavy atom. The highest BCUT2D eigenvalue weighted by Crippen LogP contribution is 2.34. The van der Waals surface area contributed by atoms with Crippen LogP contribution in [0.2, 0.25) is 0 Å². The molecule has 3 aliphatic rings. The molecule has 1 amide bonds. The summed E-state index contributed by atoms with van der Waals surface area (Å²) in [5.41, 5.74) is 0. The number of hydrogen-bond acceptors (Lipinski definition) is 18. The van der Waals surface area contributed by atoms with E-state index in [1.165, 1.54) is 263 Å². The van der Waals surface area contributed by atoms with Crippen LogP contribution in [0.5, 0.6) is 0 Å². The number of carbonyl (C=O) groups excluding carboxylic acids is 1. The van der Waals surface area contributed by atoms with Crippen molar-refractivity contribution in [2.45, 2.75) is 484 Å². The quantitative estimate of drug-likeness (QED) is 0.0199. The van der Waals surface area contributed by atoms with E-state index in [0.717, 1.165) is 83.5 Å². The fourth-order valence-electron chi connectivity index (χ4n) is 15.5. The average molecular weight is 1590 g/mol. The third kappa shape index (κ3) is 50.2. The second-order valence-electron chi connectivity index (χ2n) is 32.7. The maximum absolute atomic E-state index is 13.6. The van der Waals surface area contributed by atoms with Crippen LogP contribution < -0.4 is 5.32 Å². The molecule has 0 bridgehead atoms. The van der Waals surface area contributed by atoms with E-state index in [-0.39, 0.29) is 18.9 Å². The zero-order valence-corrected chi connectivity index (χ0v) is 70.7. The molecule has 19 heteroatoms. The summed E-state index contributed by atoms with van der Waals surface area (Å²) in [6.45, 7) is 1.75. The Balaban J connectivity index is 1.29. The highest BCUT2D eigenvalue weighted by molar-refractivity contribution is 5.76. The summed E-state index contributed by atoms with van der Waals surface area (Å²) in [7, 11) is 0. The fourth-order valence-corrected chi connectivity index (χ4v) is 15.5. The number of ether oxygens (including phenoxy) is 6. The van der Waals surface area contributed by atoms with Gasteiger partial charge in [0.05, 0.1) is 38.6 Å². The number of hydrogen-bond donors (Lipinski definition) is 12. The molecular weight excluding hydrogens is 1420 g/mol. The first-order valence-electron chi connectivity index (χ1n) is 46.2. The number of nitrogens with one attached hydrogen (secondary N) is 1. The zero-order chi connectivity index (χ0) is 81.0. The molecule has 0 radical (unpaired) electrons. The third-order valence-corrected chi connectivity index (χ3v) is 22.8. The lowest BCUT2D eigenvalue weighted by Crippen LogP contribution is -2.66. The minimum atomic E-state index is -1.97. The van der Waals surface area contributed by atoms with E-state index < -0.39 is 124 Å². The first-order valence-corrected chi connectivity index (χ1v) is 46.2. The van der Waals surface area contributed by atoms with E-state index in [9.17, 15) is 61.0 Å². The molecule has 0 aliphatic carbocycles. The SMILES string of the molecule is CC/C=C\C/C=C\C/C=C\C/C=C\C/C=C\C/C=C\CCCCCCCCCCCCCCCCCCCCCCCCC(=O)NC(COC1OC(CO)C(OC2OC(CO)C(OC3OC(CO)C(O)C(O)C3O)C(O)C2O)C(O)C1O)C(O)CCCCCCCCCCCCCCCCCCCCCCCCCCCC. The monoisotopic (exact) mass is 1590 g/mol. The number of allylic oxidation sites excluding steroid dienone is 12. The van der Waals surface area contributed by atoms with Crippen LogP contribution in [0.25, 0.3) is 0 Å². The van der Waals surface area contributed by atoms with Crippen LogP contribution in [-0.2, 0) is 33.2 Å². The average Bonchev–Trinajstić information content (AvgIpc) is 0.781. The summed E-state index contributed by atoms with van der Waals surface area (Å²) in [5.74, 6) is -0.236. The molecule has 3 rings (SSSR count). The first-order chi connectivity index (χ1) is 54.8. The molecule has 0 spiro atoms. The Hall–Kier alpha value is -2.77. The number of carbonyl (C=O) groups is 1. The van der Waals surface area contributed by atoms with Crippen LogP contribution in [0.1, 0.15) is 380 Å². The van der Waals surface area contributed by atoms with Crippen LogP contribution in [0, 0.1) is 0 Å². The van der Waals surface area contributed by atoms with E-state index in [2.05, 4.69) is 92.1 Å². The van der Waals surface area contributed by atoms with Crippen molar-refractivity contribution in [3.63, 3.8) is 0 Å². The van der Waals surface area contributed by atoms with Gasteiger partial charge in [-0.15, -0.1) is 0 Å². The third-order valence-electron chi connectivity index (χ3n) is 22.8. The molecule has 3 heterocycles. The van der Waals surface area contributed by atoms with Gasteiger partial charge in [0.1, 0.15) is 73.2 Å². The highest BCUT2D eigenvalue weighted by atomic mass is 16.8. The largest absolute Gasteiger partial charge is 0.394 e. The Kier molecular flexibility index (Phi) is 66.7. The summed E-state index contributed by atoms with van der Waals surface area (Å²) in [6.07, 6.45) is 70.1. The lowest BCUT2D eigenvalue weighted by Gasteiger charge is -2.48. The van der Waals surface area contributed by atoms with Crippen LogP contribution in [0.4, 0.5) is 0 Å². The lowest BCUT2D eigenvalue weighted by atomic mass is 9.96. The Labute approximate surface area is 680 Å². The maximum Gasteiger partial charge on any atom is 0.220 e. The van der Waals surface area contributed by atoms with Crippen molar-refractivity contribution in [3.8, 4) is 0 Å². The van der Waals surface area contributed by atoms with E-state index in [1.54, 1.807) is 0 Å². The van der Waals surface area contributed by atoms with Crippen LogP contribution in [-0.4, -0.2) is 193 Å². The molecule has 19 nitrogen and oxygen atoms in total. The zero-order valence-electron chi connectivity index (χ0n) is 70.7. The van der Waals surface area contributed by atoms with Crippen molar-refractivity contribution in [2.75, 3.05) is 26.4 Å². The Bertz CT molecular complexity index is 2300. The standard InChI is InChI=1S/C93H169NO18/c1-3-5-7-9-11-13-15-17-19-21-23-25-27-29-31-32-33-34-35-36-37-38-39-40-41-42-43-44-45-47-49-51-53-55-57-59-61-63-65-67-69-71-81(99)94-76(77(98)70-68-66-64-62-60-58-56-54-52-50-48-46-30-28-26-24-22-20-18-16-14-12-10-8-6-4-2)75-107-91-87(105)84(102)89(79(73-96)109-91)112-93-88(106)85(103)90(80(74-97)110-93)111-92-86(104)83(101)82(100)78(72-95)108-92/h5,7,11,13,17,19,23,25,29,31,33-34,76-80,82-93,95-98,100-106H,3-4,6,8-10,12,14-16,18,20-22,24,26-28,30,32,35-75H2,1-2H3,(H,94,99)/b7-5-,13-11-,19-17-,25-23-,31-29-,34-33-. The normalized spacial score (nSPS) is 25.2. The van der Waals surface area contributed by atoms with Gasteiger partial charge < -0.3 is 89.9 Å². The van der Waals surface area contributed by atoms with Crippen molar-refractivity contribution < 1.29 is 89.4 Å². The molecule has 3 aliphatic heterocycles. The molecule has 12 N–H and O–H groups in total. The van der Waals surface area contributed by atoms with E-state index in [1.807, 2.05) is 0 Å². The number of aliphatic hydroxyl groups excluding tert-OH is 11. The van der Waals surface area contributed by atoms with Gasteiger partial charge >= 0.3 is 0 Å². The molecule has 0 aromatic rings. The van der Waals surface area contributed by atoms with Gasteiger partial charge in [-0.1, -0.05) is 382 Å². The summed E-state index contributed by atoms with van der Waals surface area (Å²) >= 11 is 0. The van der Waals surface area contributed by atoms with Gasteiger partial charge in [0.15, 0.2) is 18.9 Å². The predicted molar refractivity (Wildman–Crippen MR) is 452 cm³/mol. The molecule has 0 saturated carbocycles. The summed E-state index contributed by atoms with van der Waals surface area (Å²) in [4.78, 5) is 13.6. The van der Waals surface area contributed by atoms with Gasteiger partial charge in [-0.3, -0.25) is 4.79 Å². The number of unbranched alkanes of at least 4 members (excludes halogenated alkanes) is 47. The molecule has 112 heavy (non-hydrogen) atoms. The van der Waals surface area contributed by atoms with Crippen molar-refractivity contribution in [1.29, 1.82) is 0 Å².